The topological polar surface area (TPSA) is 104 Å². The van der Waals surface area contributed by atoms with Gasteiger partial charge in [-0.15, -0.1) is 0 Å². The molecule has 1 N–H and O–H groups in total. The van der Waals surface area contributed by atoms with Crippen LogP contribution in [-0.4, -0.2) is 66.9 Å². The third-order valence-electron chi connectivity index (χ3n) is 8.42. The van der Waals surface area contributed by atoms with Gasteiger partial charge in [-0.3, -0.25) is 4.79 Å². The minimum absolute atomic E-state index is 0.0914. The number of fused-ring (bicyclic) bond motifs is 8. The maximum Gasteiger partial charge on any atom is 0.338 e. The van der Waals surface area contributed by atoms with Crippen LogP contribution in [0, 0.1) is 23.2 Å². The SMILES string of the molecule is CO/C(C)=C1\C[C@@]2(OC1=O)[C@@H]1O[C@@H]1[C@@]1(O)[C@@H]3C(=O)O[C@@H]([C@H]3C(C)C)[C@@H](OC)[C@]12C. The van der Waals surface area contributed by atoms with Gasteiger partial charge >= 0.3 is 11.9 Å². The molecule has 5 aliphatic rings. The Morgan fingerprint density at radius 1 is 1.24 bits per heavy atom. The highest BCUT2D eigenvalue weighted by Gasteiger charge is 2.93. The van der Waals surface area contributed by atoms with Gasteiger partial charge in [0.1, 0.15) is 35.8 Å². The number of methoxy groups -OCH3 is 2. The Kier molecular flexibility index (Phi) is 3.69. The minimum atomic E-state index is -1.56. The van der Waals surface area contributed by atoms with Crippen LogP contribution in [0.4, 0.5) is 0 Å². The van der Waals surface area contributed by atoms with E-state index < -0.39 is 58.9 Å². The van der Waals surface area contributed by atoms with Gasteiger partial charge in [-0.25, -0.2) is 4.79 Å². The molecule has 0 amide bonds. The average Bonchev–Trinajstić information content (AvgIpc) is 3.28. The molecule has 0 aromatic rings. The Morgan fingerprint density at radius 3 is 2.52 bits per heavy atom. The molecule has 8 nitrogen and oxygen atoms in total. The predicted molar refractivity (Wildman–Crippen MR) is 97.4 cm³/mol. The first-order chi connectivity index (χ1) is 13.6. The van der Waals surface area contributed by atoms with Crippen LogP contribution in [-0.2, 0) is 33.3 Å². The van der Waals surface area contributed by atoms with Crippen LogP contribution in [0.15, 0.2) is 11.3 Å². The number of carbonyl (C=O) groups is 2. The van der Waals surface area contributed by atoms with Crippen molar-refractivity contribution in [3.05, 3.63) is 11.3 Å². The largest absolute Gasteiger partial charge is 0.501 e. The maximum atomic E-state index is 12.9. The lowest BCUT2D eigenvalue weighted by molar-refractivity contribution is -0.282. The first-order valence-corrected chi connectivity index (χ1v) is 10.2. The summed E-state index contributed by atoms with van der Waals surface area (Å²) in [5.74, 6) is -1.31. The summed E-state index contributed by atoms with van der Waals surface area (Å²) in [5, 5.41) is 12.2. The van der Waals surface area contributed by atoms with Gasteiger partial charge in [0.15, 0.2) is 5.60 Å². The fourth-order valence-corrected chi connectivity index (χ4v) is 6.97. The zero-order valence-corrected chi connectivity index (χ0v) is 17.6. The number of allylic oxidation sites excluding steroid dienone is 1. The molecule has 0 aromatic heterocycles. The third-order valence-corrected chi connectivity index (χ3v) is 8.42. The number of hydrogen-bond donors (Lipinski definition) is 1. The van der Waals surface area contributed by atoms with Crippen molar-refractivity contribution < 1.29 is 38.4 Å². The Morgan fingerprint density at radius 2 is 1.93 bits per heavy atom. The van der Waals surface area contributed by atoms with Crippen molar-refractivity contribution in [3.63, 3.8) is 0 Å². The molecule has 29 heavy (non-hydrogen) atoms. The molecule has 160 valence electrons. The zero-order chi connectivity index (χ0) is 21.1. The second-order valence-electron chi connectivity index (χ2n) is 9.56. The summed E-state index contributed by atoms with van der Waals surface area (Å²) in [6.45, 7) is 7.59. The van der Waals surface area contributed by atoms with Crippen LogP contribution in [0.2, 0.25) is 0 Å². The highest BCUT2D eigenvalue weighted by atomic mass is 16.7. The second-order valence-corrected chi connectivity index (χ2v) is 9.56. The van der Waals surface area contributed by atoms with E-state index in [2.05, 4.69) is 0 Å². The lowest BCUT2D eigenvalue weighted by Crippen LogP contribution is -2.73. The summed E-state index contributed by atoms with van der Waals surface area (Å²) < 4.78 is 28.9. The number of ether oxygens (including phenoxy) is 5. The van der Waals surface area contributed by atoms with Crippen molar-refractivity contribution in [3.8, 4) is 0 Å². The van der Waals surface area contributed by atoms with Gasteiger partial charge in [-0.1, -0.05) is 20.8 Å². The van der Waals surface area contributed by atoms with Gasteiger partial charge in [0.2, 0.25) is 0 Å². The molecule has 0 unspecified atom stereocenters. The Bertz CT molecular complexity index is 835. The van der Waals surface area contributed by atoms with Crippen molar-refractivity contribution in [1.29, 1.82) is 0 Å². The normalized spacial score (nSPS) is 53.7. The fourth-order valence-electron chi connectivity index (χ4n) is 6.97. The summed E-state index contributed by atoms with van der Waals surface area (Å²) in [4.78, 5) is 25.7. The average molecular weight is 408 g/mol. The number of rotatable bonds is 3. The molecule has 2 bridgehead atoms. The van der Waals surface area contributed by atoms with E-state index in [0.717, 1.165) is 0 Å². The first-order valence-electron chi connectivity index (χ1n) is 10.2. The molecule has 2 aliphatic carbocycles. The Labute approximate surface area is 169 Å². The van der Waals surface area contributed by atoms with E-state index in [1.165, 1.54) is 7.11 Å². The van der Waals surface area contributed by atoms with E-state index in [4.69, 9.17) is 23.7 Å². The summed E-state index contributed by atoms with van der Waals surface area (Å²) >= 11 is 0. The zero-order valence-electron chi connectivity index (χ0n) is 17.6. The van der Waals surface area contributed by atoms with Gasteiger partial charge in [0.05, 0.1) is 24.0 Å². The molecule has 3 aliphatic heterocycles. The molecule has 3 saturated heterocycles. The summed E-state index contributed by atoms with van der Waals surface area (Å²) in [7, 11) is 3.05. The first kappa shape index (κ1) is 19.3. The van der Waals surface area contributed by atoms with E-state index in [1.54, 1.807) is 14.0 Å². The van der Waals surface area contributed by atoms with Crippen LogP contribution in [0.5, 0.6) is 0 Å². The molecular formula is C21H28O8. The summed E-state index contributed by atoms with van der Waals surface area (Å²) in [6.07, 6.45) is -2.05. The van der Waals surface area contributed by atoms with E-state index in [1.807, 2.05) is 20.8 Å². The molecule has 9 atom stereocenters. The van der Waals surface area contributed by atoms with Crippen molar-refractivity contribution in [2.75, 3.05) is 14.2 Å². The lowest BCUT2D eigenvalue weighted by atomic mass is 9.50. The van der Waals surface area contributed by atoms with Gasteiger partial charge in [-0.2, -0.15) is 0 Å². The van der Waals surface area contributed by atoms with Gasteiger partial charge in [0, 0.05) is 19.4 Å². The number of hydrogen-bond acceptors (Lipinski definition) is 8. The molecule has 3 heterocycles. The van der Waals surface area contributed by atoms with E-state index in [0.29, 0.717) is 11.3 Å². The standard InChI is InChI=1S/C21H28O8/c1-8(2)11-12-18(23)27-13(11)14(26-6)19(4)20(15-16(28-15)21(12,19)24)7-10(9(3)25-5)17(22)29-20/h8,11-16,24H,7H2,1-6H3/b10-9+/t11-,12-,13-,14+,15+,16-,19-,20+,21-/m0/s1. The number of epoxide rings is 1. The molecule has 2 saturated carbocycles. The van der Waals surface area contributed by atoms with Gasteiger partial charge < -0.3 is 28.8 Å². The van der Waals surface area contributed by atoms with Crippen molar-refractivity contribution in [1.82, 2.24) is 0 Å². The molecule has 1 spiro atoms. The predicted octanol–water partition coefficient (Wildman–Crippen LogP) is 0.953. The van der Waals surface area contributed by atoms with Crippen molar-refractivity contribution >= 4 is 11.9 Å². The van der Waals surface area contributed by atoms with Gasteiger partial charge in [-0.05, 0) is 12.8 Å². The molecule has 5 fully saturated rings. The Balaban J connectivity index is 1.71. The molecule has 0 radical (unpaired) electrons. The van der Waals surface area contributed by atoms with Crippen LogP contribution in [0.1, 0.15) is 34.1 Å². The van der Waals surface area contributed by atoms with Crippen LogP contribution in [0.25, 0.3) is 0 Å². The lowest BCUT2D eigenvalue weighted by Gasteiger charge is -2.58. The van der Waals surface area contributed by atoms with Crippen molar-refractivity contribution in [2.24, 2.45) is 23.2 Å². The smallest absolute Gasteiger partial charge is 0.338 e. The van der Waals surface area contributed by atoms with Crippen LogP contribution in [0.3, 0.4) is 0 Å². The highest BCUT2D eigenvalue weighted by Crippen LogP contribution is 2.75. The number of esters is 2. The maximum absolute atomic E-state index is 12.9. The second kappa shape index (κ2) is 5.53. The third kappa shape index (κ3) is 1.83. The number of carbonyl (C=O) groups excluding carboxylic acids is 2. The fraction of sp³-hybridized carbons (Fsp3) is 0.810. The van der Waals surface area contributed by atoms with Crippen LogP contribution >= 0.6 is 0 Å². The summed E-state index contributed by atoms with van der Waals surface area (Å²) in [6, 6.07) is 0. The van der Waals surface area contributed by atoms with E-state index in [9.17, 15) is 14.7 Å². The van der Waals surface area contributed by atoms with E-state index >= 15 is 0 Å². The molecule has 5 rings (SSSR count). The number of aliphatic hydroxyl groups is 1. The monoisotopic (exact) mass is 408 g/mol. The van der Waals surface area contributed by atoms with Crippen LogP contribution < -0.4 is 0 Å². The van der Waals surface area contributed by atoms with Gasteiger partial charge in [0.25, 0.3) is 0 Å². The summed E-state index contributed by atoms with van der Waals surface area (Å²) in [5.41, 5.74) is -3.37. The quantitative estimate of drug-likeness (QED) is 0.319. The minimum Gasteiger partial charge on any atom is -0.501 e. The van der Waals surface area contributed by atoms with Crippen molar-refractivity contribution in [2.45, 2.75) is 69.7 Å². The van der Waals surface area contributed by atoms with E-state index in [-0.39, 0.29) is 18.3 Å². The Hall–Kier alpha value is -1.64. The molecule has 8 heteroatoms. The molecular weight excluding hydrogens is 380 g/mol. The molecule has 0 aromatic carbocycles. The highest BCUT2D eigenvalue weighted by molar-refractivity contribution is 5.92.